The van der Waals surface area contributed by atoms with Gasteiger partial charge in [0, 0.05) is 24.5 Å². The van der Waals surface area contributed by atoms with Crippen molar-refractivity contribution in [2.75, 3.05) is 23.7 Å². The number of nitrogens with two attached hydrogens (primary N) is 1. The van der Waals surface area contributed by atoms with Gasteiger partial charge in [0.1, 0.15) is 0 Å². The summed E-state index contributed by atoms with van der Waals surface area (Å²) in [6.45, 7) is 5.85. The summed E-state index contributed by atoms with van der Waals surface area (Å²) in [5.74, 6) is -0.987. The van der Waals surface area contributed by atoms with E-state index in [2.05, 4.69) is 4.90 Å². The van der Waals surface area contributed by atoms with Crippen LogP contribution in [0.4, 0.5) is 11.4 Å². The minimum Gasteiger partial charge on any atom is -0.478 e. The second-order valence-electron chi connectivity index (χ2n) is 3.25. The Balaban J connectivity index is 3.05. The number of nitrogen functional groups attached to an aromatic ring is 1. The third-order valence-electron chi connectivity index (χ3n) is 2.39. The summed E-state index contributed by atoms with van der Waals surface area (Å²) < 4.78 is 0. The van der Waals surface area contributed by atoms with E-state index in [1.807, 2.05) is 13.8 Å². The summed E-state index contributed by atoms with van der Waals surface area (Å²) in [5, 5.41) is 8.82. The van der Waals surface area contributed by atoms with Gasteiger partial charge in [0.25, 0.3) is 0 Å². The van der Waals surface area contributed by atoms with Crippen molar-refractivity contribution in [2.24, 2.45) is 0 Å². The molecule has 82 valence electrons. The van der Waals surface area contributed by atoms with Crippen LogP contribution in [0.3, 0.4) is 0 Å². The quantitative estimate of drug-likeness (QED) is 0.740. The number of benzene rings is 1. The van der Waals surface area contributed by atoms with Gasteiger partial charge in [-0.05, 0) is 32.0 Å². The van der Waals surface area contributed by atoms with Gasteiger partial charge in [-0.25, -0.2) is 4.79 Å². The second-order valence-corrected chi connectivity index (χ2v) is 3.25. The number of carboxylic acids is 1. The Morgan fingerprint density at radius 2 is 2.00 bits per heavy atom. The average Bonchev–Trinajstić information content (AvgIpc) is 2.19. The minimum atomic E-state index is -0.987. The summed E-state index contributed by atoms with van der Waals surface area (Å²) in [5.41, 5.74) is 7.09. The number of carboxylic acid groups (broad SMARTS) is 1. The van der Waals surface area contributed by atoms with Crippen molar-refractivity contribution < 1.29 is 9.90 Å². The molecule has 0 spiro atoms. The Kier molecular flexibility index (Phi) is 3.55. The SMILES string of the molecule is CCN(CC)c1ccc(C(=O)O)c(N)c1. The average molecular weight is 208 g/mol. The first kappa shape index (κ1) is 11.4. The highest BCUT2D eigenvalue weighted by molar-refractivity contribution is 5.94. The third kappa shape index (κ3) is 2.40. The lowest BCUT2D eigenvalue weighted by Gasteiger charge is -2.21. The van der Waals surface area contributed by atoms with Gasteiger partial charge >= 0.3 is 5.97 Å². The topological polar surface area (TPSA) is 66.6 Å². The van der Waals surface area contributed by atoms with E-state index >= 15 is 0 Å². The molecule has 0 aromatic heterocycles. The predicted octanol–water partition coefficient (Wildman–Crippen LogP) is 1.81. The summed E-state index contributed by atoms with van der Waals surface area (Å²) >= 11 is 0. The lowest BCUT2D eigenvalue weighted by molar-refractivity contribution is 0.0698. The molecule has 0 heterocycles. The maximum absolute atomic E-state index is 10.7. The third-order valence-corrected chi connectivity index (χ3v) is 2.39. The van der Waals surface area contributed by atoms with Crippen LogP contribution in [0, 0.1) is 0 Å². The summed E-state index contributed by atoms with van der Waals surface area (Å²) in [6.07, 6.45) is 0. The molecule has 0 aliphatic rings. The molecule has 0 saturated carbocycles. The Morgan fingerprint density at radius 3 is 2.40 bits per heavy atom. The van der Waals surface area contributed by atoms with Crippen LogP contribution >= 0.6 is 0 Å². The maximum Gasteiger partial charge on any atom is 0.337 e. The molecule has 0 aliphatic heterocycles. The van der Waals surface area contributed by atoms with Crippen LogP contribution in [0.2, 0.25) is 0 Å². The summed E-state index contributed by atoms with van der Waals surface area (Å²) in [4.78, 5) is 12.9. The van der Waals surface area contributed by atoms with Crippen LogP contribution in [0.25, 0.3) is 0 Å². The normalized spacial score (nSPS) is 10.0. The van der Waals surface area contributed by atoms with Gasteiger partial charge < -0.3 is 15.7 Å². The smallest absolute Gasteiger partial charge is 0.337 e. The lowest BCUT2D eigenvalue weighted by atomic mass is 10.1. The molecule has 0 bridgehead atoms. The summed E-state index contributed by atoms with van der Waals surface area (Å²) in [6, 6.07) is 5.04. The van der Waals surface area contributed by atoms with E-state index in [0.29, 0.717) is 5.69 Å². The van der Waals surface area contributed by atoms with Gasteiger partial charge in [0.2, 0.25) is 0 Å². The highest BCUT2D eigenvalue weighted by atomic mass is 16.4. The van der Waals surface area contributed by atoms with Crippen molar-refractivity contribution in [1.82, 2.24) is 0 Å². The molecule has 4 nitrogen and oxygen atoms in total. The van der Waals surface area contributed by atoms with Gasteiger partial charge in [-0.3, -0.25) is 0 Å². The first-order valence-electron chi connectivity index (χ1n) is 4.97. The second kappa shape index (κ2) is 4.68. The number of carbonyl (C=O) groups is 1. The van der Waals surface area contributed by atoms with Gasteiger partial charge in [-0.1, -0.05) is 0 Å². The molecule has 1 rings (SSSR count). The Morgan fingerprint density at radius 1 is 1.40 bits per heavy atom. The number of nitrogens with zero attached hydrogens (tertiary/aromatic N) is 1. The molecule has 1 aromatic rings. The highest BCUT2D eigenvalue weighted by Gasteiger charge is 2.09. The van der Waals surface area contributed by atoms with Crippen molar-refractivity contribution in [1.29, 1.82) is 0 Å². The van der Waals surface area contributed by atoms with E-state index in [1.54, 1.807) is 18.2 Å². The fourth-order valence-corrected chi connectivity index (χ4v) is 1.53. The van der Waals surface area contributed by atoms with Gasteiger partial charge in [0.15, 0.2) is 0 Å². The number of hydrogen-bond donors (Lipinski definition) is 2. The number of hydrogen-bond acceptors (Lipinski definition) is 3. The van der Waals surface area contributed by atoms with E-state index in [-0.39, 0.29) is 5.56 Å². The Bertz CT molecular complexity index is 360. The molecule has 0 radical (unpaired) electrons. The first-order valence-corrected chi connectivity index (χ1v) is 4.97. The molecule has 4 heteroatoms. The molecular formula is C11H16N2O2. The van der Waals surface area contributed by atoms with Gasteiger partial charge in [-0.2, -0.15) is 0 Å². The van der Waals surface area contributed by atoms with E-state index < -0.39 is 5.97 Å². The zero-order valence-corrected chi connectivity index (χ0v) is 9.03. The highest BCUT2D eigenvalue weighted by Crippen LogP contribution is 2.21. The monoisotopic (exact) mass is 208 g/mol. The molecule has 0 amide bonds. The Hall–Kier alpha value is -1.71. The minimum absolute atomic E-state index is 0.158. The molecule has 0 saturated heterocycles. The van der Waals surface area contributed by atoms with Crippen LogP contribution in [-0.4, -0.2) is 24.2 Å². The Labute approximate surface area is 89.3 Å². The van der Waals surface area contributed by atoms with Gasteiger partial charge in [0.05, 0.1) is 5.56 Å². The molecular weight excluding hydrogens is 192 g/mol. The van der Waals surface area contributed by atoms with E-state index in [1.165, 1.54) is 0 Å². The zero-order chi connectivity index (χ0) is 11.4. The first-order chi connectivity index (χ1) is 7.10. The molecule has 0 fully saturated rings. The van der Waals surface area contributed by atoms with Crippen LogP contribution in [0.1, 0.15) is 24.2 Å². The molecule has 0 unspecified atom stereocenters. The van der Waals surface area contributed by atoms with Crippen LogP contribution in [-0.2, 0) is 0 Å². The molecule has 0 aliphatic carbocycles. The van der Waals surface area contributed by atoms with Crippen molar-refractivity contribution in [2.45, 2.75) is 13.8 Å². The lowest BCUT2D eigenvalue weighted by Crippen LogP contribution is -2.22. The number of aromatic carboxylic acids is 1. The van der Waals surface area contributed by atoms with E-state index in [9.17, 15) is 4.79 Å². The van der Waals surface area contributed by atoms with Crippen molar-refractivity contribution in [3.8, 4) is 0 Å². The van der Waals surface area contributed by atoms with E-state index in [0.717, 1.165) is 18.8 Å². The van der Waals surface area contributed by atoms with Crippen molar-refractivity contribution in [3.63, 3.8) is 0 Å². The summed E-state index contributed by atoms with van der Waals surface area (Å²) in [7, 11) is 0. The largest absolute Gasteiger partial charge is 0.478 e. The predicted molar refractivity (Wildman–Crippen MR) is 61.4 cm³/mol. The zero-order valence-electron chi connectivity index (χ0n) is 9.03. The van der Waals surface area contributed by atoms with Crippen LogP contribution in [0.15, 0.2) is 18.2 Å². The molecule has 3 N–H and O–H groups in total. The molecule has 15 heavy (non-hydrogen) atoms. The number of rotatable bonds is 4. The number of anilines is 2. The standard InChI is InChI=1S/C11H16N2O2/c1-3-13(4-2)8-5-6-9(11(14)15)10(12)7-8/h5-7H,3-4,12H2,1-2H3,(H,14,15). The molecule has 0 atom stereocenters. The van der Waals surface area contributed by atoms with Crippen molar-refractivity contribution in [3.05, 3.63) is 23.8 Å². The van der Waals surface area contributed by atoms with Crippen LogP contribution in [0.5, 0.6) is 0 Å². The maximum atomic E-state index is 10.7. The van der Waals surface area contributed by atoms with Gasteiger partial charge in [-0.15, -0.1) is 0 Å². The van der Waals surface area contributed by atoms with Crippen molar-refractivity contribution >= 4 is 17.3 Å². The fraction of sp³-hybridized carbons (Fsp3) is 0.364. The van der Waals surface area contributed by atoms with Crippen LogP contribution < -0.4 is 10.6 Å². The fourth-order valence-electron chi connectivity index (χ4n) is 1.53. The van der Waals surface area contributed by atoms with E-state index in [4.69, 9.17) is 10.8 Å². The molecule has 1 aromatic carbocycles.